The molecule has 2 N–H and O–H groups in total. The van der Waals surface area contributed by atoms with E-state index >= 15 is 0 Å². The van der Waals surface area contributed by atoms with Crippen LogP contribution in [0.5, 0.6) is 0 Å². The Bertz CT molecular complexity index is 954. The van der Waals surface area contributed by atoms with E-state index in [1.165, 1.54) is 5.56 Å². The second kappa shape index (κ2) is 8.04. The minimum absolute atomic E-state index is 0. The molecule has 0 radical (unpaired) electrons. The van der Waals surface area contributed by atoms with Gasteiger partial charge in [0.2, 0.25) is 5.89 Å². The van der Waals surface area contributed by atoms with Crippen LogP contribution in [0.3, 0.4) is 0 Å². The van der Waals surface area contributed by atoms with Gasteiger partial charge in [0, 0.05) is 22.9 Å². The van der Waals surface area contributed by atoms with Gasteiger partial charge in [-0.1, -0.05) is 12.1 Å². The van der Waals surface area contributed by atoms with Gasteiger partial charge in [0.15, 0.2) is 5.69 Å². The van der Waals surface area contributed by atoms with Gasteiger partial charge in [-0.3, -0.25) is 4.98 Å². The number of aliphatic hydroxyl groups is 1. The molecule has 3 heterocycles. The Morgan fingerprint density at radius 1 is 1.25 bits per heavy atom. The summed E-state index contributed by atoms with van der Waals surface area (Å²) in [5.41, 5.74) is 3.35. The van der Waals surface area contributed by atoms with Crippen LogP contribution in [-0.4, -0.2) is 51.5 Å². The largest absolute Gasteiger partial charge is 0.415 e. The molecule has 1 aliphatic rings. The topological polar surface area (TPSA) is 100 Å². The molecule has 1 fully saturated rings. The number of aryl methyl sites for hydroxylation is 1. The number of aromatic nitrogens is 4. The second-order valence-electron chi connectivity index (χ2n) is 6.97. The summed E-state index contributed by atoms with van der Waals surface area (Å²) in [4.78, 5) is 11.3. The molecule has 4 rings (SSSR count). The van der Waals surface area contributed by atoms with Crippen molar-refractivity contribution in [3.8, 4) is 23.0 Å². The zero-order valence-corrected chi connectivity index (χ0v) is 16.1. The average molecular weight is 386 g/mol. The molecule has 1 aliphatic heterocycles. The summed E-state index contributed by atoms with van der Waals surface area (Å²) < 4.78 is 5.90. The lowest BCUT2D eigenvalue weighted by molar-refractivity contribution is 0.266. The van der Waals surface area contributed by atoms with Crippen LogP contribution in [0.2, 0.25) is 0 Å². The van der Waals surface area contributed by atoms with Crippen molar-refractivity contribution in [2.75, 3.05) is 25.1 Å². The summed E-state index contributed by atoms with van der Waals surface area (Å²) in [7, 11) is 1.92. The Hall–Kier alpha value is -2.84. The van der Waals surface area contributed by atoms with E-state index in [1.807, 2.05) is 38.2 Å². The monoisotopic (exact) mass is 386 g/mol. The van der Waals surface area contributed by atoms with Crippen LogP contribution in [-0.2, 0) is 6.54 Å². The fraction of sp³-hybridized carbons (Fsp3) is 0.400. The van der Waals surface area contributed by atoms with Gasteiger partial charge in [-0.05, 0) is 44.5 Å². The first-order valence-corrected chi connectivity index (χ1v) is 9.48. The number of benzene rings is 1. The quantitative estimate of drug-likeness (QED) is 0.667. The van der Waals surface area contributed by atoms with Gasteiger partial charge >= 0.3 is 0 Å². The first kappa shape index (κ1) is 18.5. The number of hydrogen-bond acceptors (Lipinski definition) is 8. The number of rotatable bonds is 6. The van der Waals surface area contributed by atoms with Crippen molar-refractivity contribution in [2.45, 2.75) is 32.4 Å². The van der Waals surface area contributed by atoms with Crippen molar-refractivity contribution >= 4 is 5.82 Å². The summed E-state index contributed by atoms with van der Waals surface area (Å²) in [6, 6.07) is 8.08. The van der Waals surface area contributed by atoms with E-state index in [4.69, 9.17) is 9.40 Å². The lowest BCUT2D eigenvalue weighted by atomic mass is 10.1. The third-order valence-electron chi connectivity index (χ3n) is 5.03. The molecule has 1 aromatic carbocycles. The zero-order valence-electron chi connectivity index (χ0n) is 16.1. The minimum Gasteiger partial charge on any atom is -0.415 e. The molecule has 8 nitrogen and oxygen atoms in total. The third-order valence-corrected chi connectivity index (χ3v) is 5.03. The van der Waals surface area contributed by atoms with Crippen LogP contribution in [0.1, 0.15) is 28.4 Å². The van der Waals surface area contributed by atoms with Gasteiger partial charge < -0.3 is 19.7 Å². The average Bonchev–Trinajstić information content (AvgIpc) is 3.39. The Morgan fingerprint density at radius 3 is 2.79 bits per heavy atom. The second-order valence-corrected chi connectivity index (χ2v) is 6.97. The number of nitrogens with zero attached hydrogens (tertiary/aromatic N) is 5. The molecular weight excluding hydrogens is 356 g/mol. The maximum Gasteiger partial charge on any atom is 0.268 e. The van der Waals surface area contributed by atoms with Gasteiger partial charge in [-0.15, -0.1) is 10.2 Å². The number of nitrogens with one attached hydrogen (secondary N) is 1. The van der Waals surface area contributed by atoms with E-state index in [0.717, 1.165) is 43.0 Å². The summed E-state index contributed by atoms with van der Waals surface area (Å²) in [6.45, 7) is 3.65. The smallest absolute Gasteiger partial charge is 0.268 e. The predicted molar refractivity (Wildman–Crippen MR) is 112 cm³/mol. The molecule has 8 heteroatoms. The highest BCUT2D eigenvalue weighted by Crippen LogP contribution is 2.28. The first-order chi connectivity index (χ1) is 13.7. The highest BCUT2D eigenvalue weighted by Gasteiger charge is 2.26. The molecule has 0 spiro atoms. The maximum atomic E-state index is 9.59. The van der Waals surface area contributed by atoms with E-state index in [1.54, 1.807) is 6.20 Å². The van der Waals surface area contributed by atoms with Crippen LogP contribution in [0.25, 0.3) is 23.0 Å². The van der Waals surface area contributed by atoms with Crippen molar-refractivity contribution in [3.63, 3.8) is 0 Å². The molecule has 0 bridgehead atoms. The van der Waals surface area contributed by atoms with E-state index in [0.29, 0.717) is 17.5 Å². The van der Waals surface area contributed by atoms with Crippen LogP contribution < -0.4 is 10.2 Å². The molecule has 3 aromatic rings. The molecule has 0 amide bonds. The normalized spacial score (nSPS) is 16.7. The lowest BCUT2D eigenvalue weighted by Gasteiger charge is -2.24. The molecule has 1 saturated heterocycles. The summed E-state index contributed by atoms with van der Waals surface area (Å²) in [5, 5.41) is 21.1. The molecule has 0 saturated carbocycles. The standard InChI is InChI=1S/C20H24N6O2.3H2/c1-13-18(23-17(11-22-13)26-9-3-4-16(26)12-27)20-25-24-19(28-20)15-7-5-14(6-8-15)10-21-2;;;/h5-8,11,16,21,27H,3-4,9-10,12H2,1-2H3;3*1H/t16-;;;/m1.../s1. The van der Waals surface area contributed by atoms with Crippen molar-refractivity contribution in [3.05, 3.63) is 41.7 Å². The van der Waals surface area contributed by atoms with E-state index in [9.17, 15) is 5.11 Å². The van der Waals surface area contributed by atoms with Crippen LogP contribution in [0.15, 0.2) is 34.9 Å². The van der Waals surface area contributed by atoms with Crippen molar-refractivity contribution in [1.29, 1.82) is 0 Å². The molecule has 28 heavy (non-hydrogen) atoms. The summed E-state index contributed by atoms with van der Waals surface area (Å²) in [6.07, 6.45) is 3.73. The molecule has 2 aromatic heterocycles. The Balaban J connectivity index is 0.00000160. The zero-order chi connectivity index (χ0) is 19.5. The molecule has 0 aliphatic carbocycles. The number of aliphatic hydroxyl groups excluding tert-OH is 1. The van der Waals surface area contributed by atoms with Crippen molar-refractivity contribution in [1.82, 2.24) is 25.5 Å². The Labute approximate surface area is 168 Å². The van der Waals surface area contributed by atoms with Gasteiger partial charge in [-0.25, -0.2) is 4.98 Å². The highest BCUT2D eigenvalue weighted by molar-refractivity contribution is 5.58. The molecule has 152 valence electrons. The highest BCUT2D eigenvalue weighted by atomic mass is 16.4. The number of anilines is 1. The van der Waals surface area contributed by atoms with Crippen LogP contribution in [0, 0.1) is 6.92 Å². The number of hydrogen-bond donors (Lipinski definition) is 2. The van der Waals surface area contributed by atoms with Gasteiger partial charge in [-0.2, -0.15) is 0 Å². The van der Waals surface area contributed by atoms with Gasteiger partial charge in [0.1, 0.15) is 5.82 Å². The Kier molecular flexibility index (Phi) is 5.31. The fourth-order valence-electron chi connectivity index (χ4n) is 3.51. The van der Waals surface area contributed by atoms with E-state index in [-0.39, 0.29) is 16.9 Å². The van der Waals surface area contributed by atoms with Crippen LogP contribution in [0.4, 0.5) is 5.82 Å². The summed E-state index contributed by atoms with van der Waals surface area (Å²) >= 11 is 0. The first-order valence-electron chi connectivity index (χ1n) is 9.48. The Morgan fingerprint density at radius 2 is 2.04 bits per heavy atom. The third kappa shape index (κ3) is 3.61. The SMILES string of the molecule is CNCc1ccc(-c2nnc(-c3nc(N4CCC[C@@H]4CO)cnc3C)o2)cc1.[HH].[HH].[HH]. The van der Waals surface area contributed by atoms with Crippen molar-refractivity contribution < 1.29 is 13.8 Å². The summed E-state index contributed by atoms with van der Waals surface area (Å²) in [5.74, 6) is 1.53. The van der Waals surface area contributed by atoms with E-state index < -0.39 is 0 Å². The maximum absolute atomic E-state index is 9.59. The minimum atomic E-state index is 0. The lowest BCUT2D eigenvalue weighted by Crippen LogP contribution is -2.32. The molecular formula is C20H30N6O2. The fourth-order valence-corrected chi connectivity index (χ4v) is 3.51. The van der Waals surface area contributed by atoms with Crippen LogP contribution >= 0.6 is 0 Å². The predicted octanol–water partition coefficient (Wildman–Crippen LogP) is 2.92. The van der Waals surface area contributed by atoms with Gasteiger partial charge in [0.25, 0.3) is 5.89 Å². The van der Waals surface area contributed by atoms with Gasteiger partial charge in [0.05, 0.1) is 24.5 Å². The molecule has 1 atom stereocenters. The van der Waals surface area contributed by atoms with Crippen molar-refractivity contribution in [2.24, 2.45) is 0 Å². The van der Waals surface area contributed by atoms with E-state index in [2.05, 4.69) is 25.4 Å². The molecule has 0 unspecified atom stereocenters.